The van der Waals surface area contributed by atoms with Gasteiger partial charge in [-0.3, -0.25) is 0 Å². The number of hydrogen-bond acceptors (Lipinski definition) is 1. The largest absolute Gasteiger partial charge is 0.336 e. The second-order valence-electron chi connectivity index (χ2n) is 6.22. The first-order valence-corrected chi connectivity index (χ1v) is 7.60. The standard InChI is InChI=1S/C17H32N2O/c1-13(2)9-8-10-16(7)11-12-19(15(5)6)17(20)18-14(3)4/h9,11,14-15H,8,10,12H2,1-7H3,(H,18,20)/b16-11+. The molecule has 0 aromatic rings. The van der Waals surface area contributed by atoms with Crippen LogP contribution in [-0.2, 0) is 0 Å². The fourth-order valence-corrected chi connectivity index (χ4v) is 1.80. The second-order valence-corrected chi connectivity index (χ2v) is 6.22. The van der Waals surface area contributed by atoms with Crippen molar-refractivity contribution >= 4 is 6.03 Å². The van der Waals surface area contributed by atoms with Gasteiger partial charge in [0, 0.05) is 18.6 Å². The number of urea groups is 1. The molecule has 0 aliphatic carbocycles. The molecule has 0 fully saturated rings. The van der Waals surface area contributed by atoms with E-state index in [2.05, 4.69) is 38.2 Å². The van der Waals surface area contributed by atoms with E-state index in [0.717, 1.165) is 12.8 Å². The average Bonchev–Trinajstić information content (AvgIpc) is 2.26. The number of nitrogens with one attached hydrogen (secondary N) is 1. The van der Waals surface area contributed by atoms with Gasteiger partial charge in [-0.05, 0) is 61.3 Å². The van der Waals surface area contributed by atoms with Crippen molar-refractivity contribution in [1.29, 1.82) is 0 Å². The van der Waals surface area contributed by atoms with Crippen LogP contribution < -0.4 is 5.32 Å². The summed E-state index contributed by atoms with van der Waals surface area (Å²) in [5, 5.41) is 2.95. The summed E-state index contributed by atoms with van der Waals surface area (Å²) in [6.07, 6.45) is 6.55. The summed E-state index contributed by atoms with van der Waals surface area (Å²) >= 11 is 0. The summed E-state index contributed by atoms with van der Waals surface area (Å²) < 4.78 is 0. The van der Waals surface area contributed by atoms with E-state index in [1.54, 1.807) is 0 Å². The van der Waals surface area contributed by atoms with Gasteiger partial charge in [0.15, 0.2) is 0 Å². The Hall–Kier alpha value is -1.25. The van der Waals surface area contributed by atoms with Crippen LogP contribution in [0.3, 0.4) is 0 Å². The molecular formula is C17H32N2O. The SMILES string of the molecule is CC(C)=CCC/C(C)=C/CN(C(=O)NC(C)C)C(C)C. The quantitative estimate of drug-likeness (QED) is 0.684. The van der Waals surface area contributed by atoms with Crippen LogP contribution in [0.4, 0.5) is 4.79 Å². The highest BCUT2D eigenvalue weighted by molar-refractivity contribution is 5.74. The molecular weight excluding hydrogens is 248 g/mol. The lowest BCUT2D eigenvalue weighted by atomic mass is 10.1. The van der Waals surface area contributed by atoms with Crippen LogP contribution in [0.2, 0.25) is 0 Å². The number of carbonyl (C=O) groups excluding carboxylic acids is 1. The number of amides is 2. The van der Waals surface area contributed by atoms with Crippen molar-refractivity contribution in [2.24, 2.45) is 0 Å². The van der Waals surface area contributed by atoms with Gasteiger partial charge in [0.1, 0.15) is 0 Å². The van der Waals surface area contributed by atoms with Crippen molar-refractivity contribution in [3.8, 4) is 0 Å². The Kier molecular flexibility index (Phi) is 9.02. The zero-order valence-corrected chi connectivity index (χ0v) is 14.3. The van der Waals surface area contributed by atoms with Crippen molar-refractivity contribution in [3.05, 3.63) is 23.3 Å². The summed E-state index contributed by atoms with van der Waals surface area (Å²) in [5.74, 6) is 0. The second kappa shape index (κ2) is 9.62. The number of carbonyl (C=O) groups is 1. The van der Waals surface area contributed by atoms with Gasteiger partial charge < -0.3 is 10.2 Å². The van der Waals surface area contributed by atoms with E-state index < -0.39 is 0 Å². The first kappa shape index (κ1) is 18.8. The molecule has 0 aliphatic rings. The van der Waals surface area contributed by atoms with E-state index in [1.807, 2.05) is 32.6 Å². The molecule has 0 aromatic carbocycles. The maximum absolute atomic E-state index is 12.1. The van der Waals surface area contributed by atoms with Crippen LogP contribution in [0.1, 0.15) is 61.3 Å². The Bertz CT molecular complexity index is 350. The van der Waals surface area contributed by atoms with Gasteiger partial charge in [0.25, 0.3) is 0 Å². The van der Waals surface area contributed by atoms with Crippen LogP contribution in [-0.4, -0.2) is 29.6 Å². The maximum atomic E-state index is 12.1. The molecule has 0 aromatic heterocycles. The highest BCUT2D eigenvalue weighted by atomic mass is 16.2. The number of nitrogens with zero attached hydrogens (tertiary/aromatic N) is 1. The van der Waals surface area contributed by atoms with E-state index in [1.165, 1.54) is 11.1 Å². The fourth-order valence-electron chi connectivity index (χ4n) is 1.80. The van der Waals surface area contributed by atoms with Gasteiger partial charge in [-0.2, -0.15) is 0 Å². The van der Waals surface area contributed by atoms with Crippen molar-refractivity contribution in [2.75, 3.05) is 6.54 Å². The van der Waals surface area contributed by atoms with E-state index in [0.29, 0.717) is 6.54 Å². The van der Waals surface area contributed by atoms with E-state index in [9.17, 15) is 4.79 Å². The minimum Gasteiger partial charge on any atom is -0.336 e. The molecule has 0 heterocycles. The highest BCUT2D eigenvalue weighted by Gasteiger charge is 2.15. The molecule has 0 rings (SSSR count). The van der Waals surface area contributed by atoms with E-state index in [-0.39, 0.29) is 18.1 Å². The van der Waals surface area contributed by atoms with Crippen molar-refractivity contribution in [1.82, 2.24) is 10.2 Å². The highest BCUT2D eigenvalue weighted by Crippen LogP contribution is 2.08. The molecule has 0 atom stereocenters. The Labute approximate surface area is 125 Å². The molecule has 3 heteroatoms. The van der Waals surface area contributed by atoms with Crippen LogP contribution in [0.15, 0.2) is 23.3 Å². The maximum Gasteiger partial charge on any atom is 0.318 e. The zero-order chi connectivity index (χ0) is 15.7. The zero-order valence-electron chi connectivity index (χ0n) is 14.3. The van der Waals surface area contributed by atoms with Crippen molar-refractivity contribution in [3.63, 3.8) is 0 Å². The van der Waals surface area contributed by atoms with Crippen LogP contribution in [0.25, 0.3) is 0 Å². The molecule has 0 aliphatic heterocycles. The third-order valence-electron chi connectivity index (χ3n) is 3.02. The van der Waals surface area contributed by atoms with Gasteiger partial charge in [-0.15, -0.1) is 0 Å². The van der Waals surface area contributed by atoms with Gasteiger partial charge in [-0.1, -0.05) is 23.3 Å². The molecule has 0 spiro atoms. The van der Waals surface area contributed by atoms with Crippen LogP contribution >= 0.6 is 0 Å². The Morgan fingerprint density at radius 1 is 1.10 bits per heavy atom. The van der Waals surface area contributed by atoms with Gasteiger partial charge in [0.2, 0.25) is 0 Å². The fraction of sp³-hybridized carbons (Fsp3) is 0.706. The van der Waals surface area contributed by atoms with E-state index in [4.69, 9.17) is 0 Å². The summed E-state index contributed by atoms with van der Waals surface area (Å²) in [5.41, 5.74) is 2.70. The summed E-state index contributed by atoms with van der Waals surface area (Å²) in [4.78, 5) is 14.0. The summed E-state index contributed by atoms with van der Waals surface area (Å²) in [6.45, 7) is 15.1. The third kappa shape index (κ3) is 8.78. The molecule has 0 radical (unpaired) electrons. The Balaban J connectivity index is 4.45. The molecule has 1 N–H and O–H groups in total. The smallest absolute Gasteiger partial charge is 0.318 e. The van der Waals surface area contributed by atoms with Crippen molar-refractivity contribution in [2.45, 2.75) is 73.4 Å². The van der Waals surface area contributed by atoms with Gasteiger partial charge in [0.05, 0.1) is 0 Å². The monoisotopic (exact) mass is 280 g/mol. The third-order valence-corrected chi connectivity index (χ3v) is 3.02. The predicted octanol–water partition coefficient (Wildman–Crippen LogP) is 4.51. The summed E-state index contributed by atoms with van der Waals surface area (Å²) in [6, 6.07) is 0.394. The Morgan fingerprint density at radius 3 is 2.15 bits per heavy atom. The molecule has 0 bridgehead atoms. The minimum absolute atomic E-state index is 0.0170. The average molecular weight is 280 g/mol. The number of rotatable bonds is 7. The van der Waals surface area contributed by atoms with Crippen molar-refractivity contribution < 1.29 is 4.79 Å². The first-order chi connectivity index (χ1) is 9.23. The number of hydrogen-bond donors (Lipinski definition) is 1. The van der Waals surface area contributed by atoms with Gasteiger partial charge >= 0.3 is 6.03 Å². The Morgan fingerprint density at radius 2 is 1.70 bits per heavy atom. The molecule has 2 amide bonds. The lowest BCUT2D eigenvalue weighted by molar-refractivity contribution is 0.187. The molecule has 0 unspecified atom stereocenters. The van der Waals surface area contributed by atoms with E-state index >= 15 is 0 Å². The summed E-state index contributed by atoms with van der Waals surface area (Å²) in [7, 11) is 0. The van der Waals surface area contributed by atoms with Gasteiger partial charge in [-0.25, -0.2) is 4.79 Å². The van der Waals surface area contributed by atoms with Crippen LogP contribution in [0, 0.1) is 0 Å². The molecule has 20 heavy (non-hydrogen) atoms. The molecule has 0 saturated heterocycles. The topological polar surface area (TPSA) is 32.3 Å². The van der Waals surface area contributed by atoms with Crippen LogP contribution in [0.5, 0.6) is 0 Å². The normalized spacial score (nSPS) is 11.8. The first-order valence-electron chi connectivity index (χ1n) is 7.60. The minimum atomic E-state index is 0.0170. The molecule has 116 valence electrons. The predicted molar refractivity (Wildman–Crippen MR) is 87.9 cm³/mol. The lowest BCUT2D eigenvalue weighted by Crippen LogP contribution is -2.46. The molecule has 3 nitrogen and oxygen atoms in total. The molecule has 0 saturated carbocycles. The number of allylic oxidation sites excluding steroid dienone is 3. The lowest BCUT2D eigenvalue weighted by Gasteiger charge is -2.27.